The van der Waals surface area contributed by atoms with Crippen molar-refractivity contribution in [1.82, 2.24) is 19.1 Å². The van der Waals surface area contributed by atoms with E-state index in [1.807, 2.05) is 0 Å². The van der Waals surface area contributed by atoms with Crippen LogP contribution in [0.1, 0.15) is 0 Å². The lowest BCUT2D eigenvalue weighted by atomic mass is 9.98. The lowest BCUT2D eigenvalue weighted by Crippen LogP contribution is -2.05. The zero-order valence-electron chi connectivity index (χ0n) is 30.5. The number of para-hydroxylation sites is 1. The van der Waals surface area contributed by atoms with E-state index in [9.17, 15) is 0 Å². The van der Waals surface area contributed by atoms with E-state index in [-0.39, 0.29) is 0 Å². The Balaban J connectivity index is 1.08. The van der Waals surface area contributed by atoms with Gasteiger partial charge < -0.3 is 4.57 Å². The summed E-state index contributed by atoms with van der Waals surface area (Å²) in [7, 11) is 0. The Morgan fingerprint density at radius 2 is 0.965 bits per heavy atom. The first kappa shape index (κ1) is 31.0. The van der Waals surface area contributed by atoms with Crippen LogP contribution >= 0.6 is 11.8 Å². The standard InChI is InChI=1S/C52H30N4S/c1-2-13-35(14-3-1)55-42-25-23-33(29-39(42)48-36-15-6-4-11-31(36)21-27-44(48)55)34-24-26-43-40(30-34)49-37-16-7-5-12-32(37)22-28-45(49)56(43)52-53-41-18-10-20-47-50(41)51(54-52)38-17-8-9-19-46(38)57-47/h1-30H. The third kappa shape index (κ3) is 4.40. The van der Waals surface area contributed by atoms with Gasteiger partial charge in [-0.05, 0) is 99.4 Å². The summed E-state index contributed by atoms with van der Waals surface area (Å²) in [4.78, 5) is 13.2. The predicted molar refractivity (Wildman–Crippen MR) is 238 cm³/mol. The Morgan fingerprint density at radius 3 is 1.68 bits per heavy atom. The molecule has 0 atom stereocenters. The molecule has 264 valence electrons. The Bertz CT molecular complexity index is 3670. The number of rotatable bonds is 3. The fraction of sp³-hybridized carbons (Fsp3) is 0. The van der Waals surface area contributed by atoms with Crippen molar-refractivity contribution in [3.05, 3.63) is 182 Å². The molecular formula is C52H30N4S. The molecule has 0 unspecified atom stereocenters. The highest BCUT2D eigenvalue weighted by molar-refractivity contribution is 7.99. The van der Waals surface area contributed by atoms with Crippen LogP contribution < -0.4 is 0 Å². The zero-order chi connectivity index (χ0) is 37.2. The molecule has 0 saturated heterocycles. The molecule has 5 heteroatoms. The Labute approximate surface area is 331 Å². The van der Waals surface area contributed by atoms with E-state index in [4.69, 9.17) is 9.97 Å². The van der Waals surface area contributed by atoms with Crippen molar-refractivity contribution in [1.29, 1.82) is 0 Å². The number of fused-ring (bicyclic) bond motifs is 12. The molecule has 1 aliphatic rings. The van der Waals surface area contributed by atoms with Crippen molar-refractivity contribution in [2.24, 2.45) is 0 Å². The van der Waals surface area contributed by atoms with Gasteiger partial charge in [-0.1, -0.05) is 127 Å². The van der Waals surface area contributed by atoms with Gasteiger partial charge in [-0.25, -0.2) is 9.97 Å². The molecule has 4 heterocycles. The summed E-state index contributed by atoms with van der Waals surface area (Å²) in [6, 6.07) is 66.1. The highest BCUT2D eigenvalue weighted by atomic mass is 32.2. The number of aromatic nitrogens is 4. The third-order valence-corrected chi connectivity index (χ3v) is 13.0. The summed E-state index contributed by atoms with van der Waals surface area (Å²) in [5.74, 6) is 0.682. The first-order valence-electron chi connectivity index (χ1n) is 19.3. The minimum atomic E-state index is 0.682. The molecule has 0 saturated carbocycles. The fourth-order valence-electron chi connectivity index (χ4n) is 9.40. The van der Waals surface area contributed by atoms with E-state index < -0.39 is 0 Å². The van der Waals surface area contributed by atoms with E-state index in [1.54, 1.807) is 11.8 Å². The molecule has 9 aromatic carbocycles. The van der Waals surface area contributed by atoms with Gasteiger partial charge in [0, 0.05) is 48.0 Å². The maximum absolute atomic E-state index is 5.43. The highest BCUT2D eigenvalue weighted by Gasteiger charge is 2.25. The summed E-state index contributed by atoms with van der Waals surface area (Å²) in [6.07, 6.45) is 0. The minimum absolute atomic E-state index is 0.682. The van der Waals surface area contributed by atoms with Crippen molar-refractivity contribution in [2.45, 2.75) is 9.79 Å². The smallest absolute Gasteiger partial charge is 0.235 e. The highest BCUT2D eigenvalue weighted by Crippen LogP contribution is 2.48. The summed E-state index contributed by atoms with van der Waals surface area (Å²) >= 11 is 1.80. The monoisotopic (exact) mass is 742 g/mol. The number of hydrogen-bond donors (Lipinski definition) is 0. The molecule has 0 fully saturated rings. The van der Waals surface area contributed by atoms with Crippen molar-refractivity contribution in [3.8, 4) is 34.0 Å². The molecule has 0 aliphatic carbocycles. The van der Waals surface area contributed by atoms with Gasteiger partial charge in [0.15, 0.2) is 0 Å². The predicted octanol–water partition coefficient (Wildman–Crippen LogP) is 13.9. The Kier molecular flexibility index (Phi) is 6.35. The van der Waals surface area contributed by atoms with Crippen LogP contribution in [0.5, 0.6) is 0 Å². The molecule has 4 nitrogen and oxygen atoms in total. The topological polar surface area (TPSA) is 35.6 Å². The maximum atomic E-state index is 5.43. The van der Waals surface area contributed by atoms with Crippen molar-refractivity contribution < 1.29 is 0 Å². The second kappa shape index (κ2) is 11.7. The molecular weight excluding hydrogens is 713 g/mol. The molecule has 57 heavy (non-hydrogen) atoms. The van der Waals surface area contributed by atoms with E-state index in [0.29, 0.717) is 5.95 Å². The normalized spacial score (nSPS) is 12.5. The van der Waals surface area contributed by atoms with Crippen LogP contribution in [-0.2, 0) is 0 Å². The van der Waals surface area contributed by atoms with E-state index in [0.717, 1.165) is 38.9 Å². The molecule has 0 bridgehead atoms. The molecule has 12 aromatic rings. The van der Waals surface area contributed by atoms with E-state index in [2.05, 4.69) is 191 Å². The quantitative estimate of drug-likeness (QED) is 0.181. The largest absolute Gasteiger partial charge is 0.309 e. The van der Waals surface area contributed by atoms with Crippen LogP contribution in [0.2, 0.25) is 0 Å². The van der Waals surface area contributed by atoms with Crippen molar-refractivity contribution in [3.63, 3.8) is 0 Å². The van der Waals surface area contributed by atoms with Gasteiger partial charge in [0.25, 0.3) is 0 Å². The van der Waals surface area contributed by atoms with Crippen LogP contribution in [-0.4, -0.2) is 19.1 Å². The van der Waals surface area contributed by atoms with Crippen molar-refractivity contribution in [2.75, 3.05) is 0 Å². The van der Waals surface area contributed by atoms with Gasteiger partial charge in [-0.15, -0.1) is 0 Å². The van der Waals surface area contributed by atoms with Crippen LogP contribution in [0.25, 0.3) is 110 Å². The van der Waals surface area contributed by atoms with Crippen LogP contribution in [0.15, 0.2) is 192 Å². The molecule has 0 N–H and O–H groups in total. The van der Waals surface area contributed by atoms with Crippen molar-refractivity contribution >= 4 is 87.8 Å². The van der Waals surface area contributed by atoms with Crippen LogP contribution in [0.3, 0.4) is 0 Å². The van der Waals surface area contributed by atoms with E-state index >= 15 is 0 Å². The van der Waals surface area contributed by atoms with Gasteiger partial charge in [0.1, 0.15) is 0 Å². The summed E-state index contributed by atoms with van der Waals surface area (Å²) in [5.41, 5.74) is 11.2. The Morgan fingerprint density at radius 1 is 0.386 bits per heavy atom. The third-order valence-electron chi connectivity index (χ3n) is 11.9. The molecule has 13 rings (SSSR count). The molecule has 0 radical (unpaired) electrons. The van der Waals surface area contributed by atoms with Crippen LogP contribution in [0, 0.1) is 0 Å². The minimum Gasteiger partial charge on any atom is -0.309 e. The first-order valence-corrected chi connectivity index (χ1v) is 20.1. The van der Waals surface area contributed by atoms with Gasteiger partial charge >= 0.3 is 0 Å². The van der Waals surface area contributed by atoms with E-state index in [1.165, 1.54) is 75.0 Å². The molecule has 0 amide bonds. The zero-order valence-corrected chi connectivity index (χ0v) is 31.3. The van der Waals surface area contributed by atoms with Gasteiger partial charge in [-0.2, -0.15) is 0 Å². The average molecular weight is 743 g/mol. The summed E-state index contributed by atoms with van der Waals surface area (Å²) in [6.45, 7) is 0. The lowest BCUT2D eigenvalue weighted by Gasteiger charge is -2.20. The fourth-order valence-corrected chi connectivity index (χ4v) is 10.5. The second-order valence-electron chi connectivity index (χ2n) is 15.0. The van der Waals surface area contributed by atoms with Crippen LogP contribution in [0.4, 0.5) is 0 Å². The first-order chi connectivity index (χ1) is 28.3. The lowest BCUT2D eigenvalue weighted by molar-refractivity contribution is 1.01. The SMILES string of the molecule is c1ccc(-n2c3ccc(-c4ccc5c(c4)c4c6ccccc6ccc4n5-c4nc5c6c(cccc6n4)Sc4ccccc4-5)cc3c3c4ccccc4ccc32)cc1. The maximum Gasteiger partial charge on any atom is 0.235 e. The second-order valence-corrected chi connectivity index (χ2v) is 16.0. The average Bonchev–Trinajstić information content (AvgIpc) is 3.79. The number of nitrogens with zero attached hydrogens (tertiary/aromatic N) is 4. The molecule has 0 spiro atoms. The summed E-state index contributed by atoms with van der Waals surface area (Å²) < 4.78 is 4.68. The summed E-state index contributed by atoms with van der Waals surface area (Å²) in [5, 5.41) is 11.0. The van der Waals surface area contributed by atoms with Gasteiger partial charge in [0.2, 0.25) is 5.95 Å². The van der Waals surface area contributed by atoms with Gasteiger partial charge in [-0.3, -0.25) is 4.57 Å². The molecule has 3 aromatic heterocycles. The van der Waals surface area contributed by atoms with Gasteiger partial charge in [0.05, 0.1) is 33.3 Å². The number of hydrogen-bond acceptors (Lipinski definition) is 3. The number of benzene rings is 9. The molecule has 1 aliphatic heterocycles. The Hall–Kier alpha value is -7.21.